The summed E-state index contributed by atoms with van der Waals surface area (Å²) in [6.45, 7) is 2.90. The maximum absolute atomic E-state index is 12.3. The molecular formula is C22H28N2O2. The van der Waals surface area contributed by atoms with Crippen molar-refractivity contribution >= 4 is 5.91 Å². The van der Waals surface area contributed by atoms with Crippen molar-refractivity contribution in [2.75, 3.05) is 26.7 Å². The Bertz CT molecular complexity index is 679. The minimum atomic E-state index is 0.112. The Morgan fingerprint density at radius 2 is 1.77 bits per heavy atom. The van der Waals surface area contributed by atoms with Crippen molar-refractivity contribution < 1.29 is 9.53 Å². The van der Waals surface area contributed by atoms with Gasteiger partial charge in [0, 0.05) is 13.0 Å². The second kappa shape index (κ2) is 9.39. The van der Waals surface area contributed by atoms with Crippen molar-refractivity contribution in [3.05, 3.63) is 65.7 Å². The normalized spacial score (nSPS) is 15.6. The summed E-state index contributed by atoms with van der Waals surface area (Å²) in [7, 11) is 1.66. The minimum absolute atomic E-state index is 0.112. The van der Waals surface area contributed by atoms with Gasteiger partial charge in [-0.15, -0.1) is 0 Å². The molecule has 0 aromatic heterocycles. The summed E-state index contributed by atoms with van der Waals surface area (Å²) in [4.78, 5) is 14.8. The number of hydrogen-bond donors (Lipinski definition) is 1. The van der Waals surface area contributed by atoms with Crippen LogP contribution in [0.25, 0.3) is 0 Å². The van der Waals surface area contributed by atoms with Crippen molar-refractivity contribution in [2.45, 2.75) is 31.7 Å². The van der Waals surface area contributed by atoms with Gasteiger partial charge in [-0.1, -0.05) is 42.5 Å². The Kier molecular flexibility index (Phi) is 6.67. The third-order valence-corrected chi connectivity index (χ3v) is 5.06. The lowest BCUT2D eigenvalue weighted by Gasteiger charge is -2.28. The molecule has 4 heteroatoms. The molecule has 0 bridgehead atoms. The molecule has 1 saturated heterocycles. The molecule has 1 unspecified atom stereocenters. The molecule has 26 heavy (non-hydrogen) atoms. The molecule has 1 aliphatic rings. The first kappa shape index (κ1) is 18.5. The van der Waals surface area contributed by atoms with Gasteiger partial charge in [0.15, 0.2) is 0 Å². The van der Waals surface area contributed by atoms with Gasteiger partial charge in [0.25, 0.3) is 0 Å². The summed E-state index contributed by atoms with van der Waals surface area (Å²) < 4.78 is 5.17. The van der Waals surface area contributed by atoms with Crippen LogP contribution in [0, 0.1) is 0 Å². The zero-order valence-electron chi connectivity index (χ0n) is 15.5. The van der Waals surface area contributed by atoms with E-state index in [0.717, 1.165) is 30.8 Å². The number of carbonyl (C=O) groups is 1. The average Bonchev–Trinajstić information content (AvgIpc) is 3.22. The highest BCUT2D eigenvalue weighted by Crippen LogP contribution is 2.24. The summed E-state index contributed by atoms with van der Waals surface area (Å²) in [6.07, 6.45) is 3.74. The van der Waals surface area contributed by atoms with Gasteiger partial charge < -0.3 is 10.1 Å². The highest BCUT2D eigenvalue weighted by molar-refractivity contribution is 5.76. The SMILES string of the molecule is COc1ccc(CCC(=O)NCC(c2ccccc2)N2CCCC2)cc1. The van der Waals surface area contributed by atoms with E-state index in [2.05, 4.69) is 34.5 Å². The number of aryl methyl sites for hydroxylation is 1. The van der Waals surface area contributed by atoms with Gasteiger partial charge in [-0.2, -0.15) is 0 Å². The fourth-order valence-corrected chi connectivity index (χ4v) is 3.54. The van der Waals surface area contributed by atoms with Crippen molar-refractivity contribution in [3.8, 4) is 5.75 Å². The highest BCUT2D eigenvalue weighted by Gasteiger charge is 2.23. The Balaban J connectivity index is 1.52. The summed E-state index contributed by atoms with van der Waals surface area (Å²) in [5, 5.41) is 3.15. The maximum atomic E-state index is 12.3. The minimum Gasteiger partial charge on any atom is -0.497 e. The molecule has 3 rings (SSSR count). The van der Waals surface area contributed by atoms with Crippen molar-refractivity contribution in [3.63, 3.8) is 0 Å². The predicted octanol–water partition coefficient (Wildman–Crippen LogP) is 3.58. The molecule has 0 spiro atoms. The summed E-state index contributed by atoms with van der Waals surface area (Å²) in [5.74, 6) is 0.954. The molecule has 2 aromatic rings. The quantitative estimate of drug-likeness (QED) is 0.789. The molecule has 0 aliphatic carbocycles. The van der Waals surface area contributed by atoms with E-state index in [4.69, 9.17) is 4.74 Å². The van der Waals surface area contributed by atoms with Crippen LogP contribution < -0.4 is 10.1 Å². The van der Waals surface area contributed by atoms with Gasteiger partial charge in [0.05, 0.1) is 13.2 Å². The average molecular weight is 352 g/mol. The van der Waals surface area contributed by atoms with Crippen molar-refractivity contribution in [1.29, 1.82) is 0 Å². The largest absolute Gasteiger partial charge is 0.497 e. The lowest BCUT2D eigenvalue weighted by molar-refractivity contribution is -0.121. The third-order valence-electron chi connectivity index (χ3n) is 5.06. The van der Waals surface area contributed by atoms with E-state index in [1.165, 1.54) is 18.4 Å². The maximum Gasteiger partial charge on any atom is 0.220 e. The predicted molar refractivity (Wildman–Crippen MR) is 104 cm³/mol. The van der Waals surface area contributed by atoms with Crippen LogP contribution in [-0.4, -0.2) is 37.6 Å². The van der Waals surface area contributed by atoms with E-state index in [1.54, 1.807) is 7.11 Å². The first-order valence-electron chi connectivity index (χ1n) is 9.45. The molecule has 0 saturated carbocycles. The molecule has 1 heterocycles. The van der Waals surface area contributed by atoms with Crippen LogP contribution in [-0.2, 0) is 11.2 Å². The van der Waals surface area contributed by atoms with E-state index in [9.17, 15) is 4.79 Å². The van der Waals surface area contributed by atoms with Crippen LogP contribution in [0.4, 0.5) is 0 Å². The number of nitrogens with zero attached hydrogens (tertiary/aromatic N) is 1. The van der Waals surface area contributed by atoms with Gasteiger partial charge in [0.1, 0.15) is 5.75 Å². The lowest BCUT2D eigenvalue weighted by Crippen LogP contribution is -2.36. The summed E-state index contributed by atoms with van der Waals surface area (Å²) >= 11 is 0. The summed E-state index contributed by atoms with van der Waals surface area (Å²) in [5.41, 5.74) is 2.44. The first-order valence-corrected chi connectivity index (χ1v) is 9.45. The van der Waals surface area contributed by atoms with Crippen molar-refractivity contribution in [1.82, 2.24) is 10.2 Å². The van der Waals surface area contributed by atoms with Crippen LogP contribution in [0.2, 0.25) is 0 Å². The number of likely N-dealkylation sites (tertiary alicyclic amines) is 1. The number of methoxy groups -OCH3 is 1. The molecule has 1 N–H and O–H groups in total. The van der Waals surface area contributed by atoms with Gasteiger partial charge >= 0.3 is 0 Å². The number of rotatable bonds is 8. The van der Waals surface area contributed by atoms with Gasteiger partial charge in [-0.3, -0.25) is 9.69 Å². The van der Waals surface area contributed by atoms with E-state index in [0.29, 0.717) is 13.0 Å². The lowest BCUT2D eigenvalue weighted by atomic mass is 10.1. The highest BCUT2D eigenvalue weighted by atomic mass is 16.5. The number of ether oxygens (including phenoxy) is 1. The zero-order chi connectivity index (χ0) is 18.2. The molecule has 4 nitrogen and oxygen atoms in total. The fraction of sp³-hybridized carbons (Fsp3) is 0.409. The van der Waals surface area contributed by atoms with Crippen LogP contribution in [0.15, 0.2) is 54.6 Å². The van der Waals surface area contributed by atoms with Gasteiger partial charge in [0.2, 0.25) is 5.91 Å². The van der Waals surface area contributed by atoms with Crippen LogP contribution >= 0.6 is 0 Å². The Hall–Kier alpha value is -2.33. The monoisotopic (exact) mass is 352 g/mol. The Morgan fingerprint density at radius 3 is 2.42 bits per heavy atom. The second-order valence-corrected chi connectivity index (χ2v) is 6.82. The number of amides is 1. The molecule has 1 aliphatic heterocycles. The van der Waals surface area contributed by atoms with Crippen LogP contribution in [0.5, 0.6) is 5.75 Å². The van der Waals surface area contributed by atoms with E-state index in [1.807, 2.05) is 30.3 Å². The molecular weight excluding hydrogens is 324 g/mol. The second-order valence-electron chi connectivity index (χ2n) is 6.82. The van der Waals surface area contributed by atoms with E-state index in [-0.39, 0.29) is 11.9 Å². The topological polar surface area (TPSA) is 41.6 Å². The molecule has 0 radical (unpaired) electrons. The first-order chi connectivity index (χ1) is 12.8. The number of nitrogens with one attached hydrogen (secondary N) is 1. The van der Waals surface area contributed by atoms with Crippen LogP contribution in [0.1, 0.15) is 36.4 Å². The molecule has 1 atom stereocenters. The Morgan fingerprint density at radius 1 is 1.08 bits per heavy atom. The summed E-state index contributed by atoms with van der Waals surface area (Å²) in [6, 6.07) is 18.7. The van der Waals surface area contributed by atoms with Crippen molar-refractivity contribution in [2.24, 2.45) is 0 Å². The fourth-order valence-electron chi connectivity index (χ4n) is 3.54. The molecule has 2 aromatic carbocycles. The smallest absolute Gasteiger partial charge is 0.220 e. The number of carbonyl (C=O) groups excluding carboxylic acids is 1. The van der Waals surface area contributed by atoms with E-state index < -0.39 is 0 Å². The molecule has 1 fully saturated rings. The standard InChI is InChI=1S/C22H28N2O2/c1-26-20-12-9-18(10-13-20)11-14-22(25)23-17-21(24-15-5-6-16-24)19-7-3-2-4-8-19/h2-4,7-10,12-13,21H,5-6,11,14-17H2,1H3,(H,23,25). The molecule has 1 amide bonds. The van der Waals surface area contributed by atoms with Crippen LogP contribution in [0.3, 0.4) is 0 Å². The third kappa shape index (κ3) is 5.09. The molecule has 138 valence electrons. The Labute approximate surface area is 156 Å². The van der Waals surface area contributed by atoms with E-state index >= 15 is 0 Å². The number of benzene rings is 2. The van der Waals surface area contributed by atoms with Gasteiger partial charge in [-0.05, 0) is 55.6 Å². The zero-order valence-corrected chi connectivity index (χ0v) is 15.5. The van der Waals surface area contributed by atoms with Gasteiger partial charge in [-0.25, -0.2) is 0 Å². The number of hydrogen-bond acceptors (Lipinski definition) is 3.